The van der Waals surface area contributed by atoms with E-state index in [1.807, 2.05) is 18.2 Å². The van der Waals surface area contributed by atoms with Crippen LogP contribution in [-0.4, -0.2) is 24.7 Å². The van der Waals surface area contributed by atoms with Gasteiger partial charge in [0.2, 0.25) is 0 Å². The van der Waals surface area contributed by atoms with Gasteiger partial charge >= 0.3 is 0 Å². The molecule has 1 aromatic rings. The first-order valence-corrected chi connectivity index (χ1v) is 6.21. The van der Waals surface area contributed by atoms with Gasteiger partial charge in [0.25, 0.3) is 0 Å². The van der Waals surface area contributed by atoms with E-state index in [9.17, 15) is 13.5 Å². The Labute approximate surface area is 84.3 Å². The van der Waals surface area contributed by atoms with Gasteiger partial charge in [0.15, 0.2) is 15.3 Å². The Morgan fingerprint density at radius 3 is 2.36 bits per heavy atom. The molecule has 14 heavy (non-hydrogen) atoms. The molecule has 0 spiro atoms. The van der Waals surface area contributed by atoms with Crippen molar-refractivity contribution >= 4 is 9.84 Å². The highest BCUT2D eigenvalue weighted by Gasteiger charge is 2.20. The quantitative estimate of drug-likeness (QED) is 0.813. The lowest BCUT2D eigenvalue weighted by atomic mass is 10.2. The average Bonchev–Trinajstić information content (AvgIpc) is 2.19. The van der Waals surface area contributed by atoms with Crippen molar-refractivity contribution in [2.24, 2.45) is 0 Å². The van der Waals surface area contributed by atoms with Crippen molar-refractivity contribution in [3.8, 4) is 0 Å². The average molecular weight is 214 g/mol. The van der Waals surface area contributed by atoms with Crippen LogP contribution in [0.15, 0.2) is 30.3 Å². The molecule has 0 aromatic heterocycles. The van der Waals surface area contributed by atoms with Crippen LogP contribution in [0.1, 0.15) is 12.5 Å². The molecule has 0 radical (unpaired) electrons. The van der Waals surface area contributed by atoms with E-state index in [0.29, 0.717) is 0 Å². The summed E-state index contributed by atoms with van der Waals surface area (Å²) in [5.41, 5.74) is -0.452. The third kappa shape index (κ3) is 2.82. The van der Waals surface area contributed by atoms with E-state index in [4.69, 9.17) is 0 Å². The molecular weight excluding hydrogens is 200 g/mol. The van der Waals surface area contributed by atoms with Crippen LogP contribution in [-0.2, 0) is 16.3 Å². The van der Waals surface area contributed by atoms with Crippen molar-refractivity contribution in [1.29, 1.82) is 0 Å². The summed E-state index contributed by atoms with van der Waals surface area (Å²) >= 11 is 0. The summed E-state index contributed by atoms with van der Waals surface area (Å²) in [5.74, 6) is -0.0268. The lowest BCUT2D eigenvalue weighted by Gasteiger charge is -2.09. The van der Waals surface area contributed by atoms with E-state index in [1.54, 1.807) is 12.1 Å². The molecule has 0 saturated heterocycles. The molecule has 3 nitrogen and oxygen atoms in total. The van der Waals surface area contributed by atoms with E-state index in [1.165, 1.54) is 6.92 Å². The SMILES string of the molecule is CCS(=O)(=O)C(O)Cc1ccccc1. The molecule has 4 heteroatoms. The van der Waals surface area contributed by atoms with Crippen molar-refractivity contribution in [3.63, 3.8) is 0 Å². The van der Waals surface area contributed by atoms with Crippen molar-refractivity contribution < 1.29 is 13.5 Å². The zero-order valence-corrected chi connectivity index (χ0v) is 8.87. The number of aliphatic hydroxyl groups is 1. The molecule has 0 aliphatic carbocycles. The number of aliphatic hydroxyl groups excluding tert-OH is 1. The zero-order chi connectivity index (χ0) is 10.6. The molecule has 1 N–H and O–H groups in total. The van der Waals surface area contributed by atoms with E-state index < -0.39 is 15.3 Å². The Morgan fingerprint density at radius 1 is 1.29 bits per heavy atom. The second-order valence-electron chi connectivity index (χ2n) is 3.10. The second-order valence-corrected chi connectivity index (χ2v) is 5.54. The van der Waals surface area contributed by atoms with Gasteiger partial charge in [-0.2, -0.15) is 0 Å². The van der Waals surface area contributed by atoms with Crippen LogP contribution in [0.3, 0.4) is 0 Å². The van der Waals surface area contributed by atoms with Crippen LogP contribution in [0.5, 0.6) is 0 Å². The normalized spacial score (nSPS) is 13.9. The Bertz CT molecular complexity index is 370. The van der Waals surface area contributed by atoms with Crippen LogP contribution in [0.2, 0.25) is 0 Å². The number of hydrogen-bond acceptors (Lipinski definition) is 3. The van der Waals surface area contributed by atoms with Crippen LogP contribution in [0.25, 0.3) is 0 Å². The molecule has 0 heterocycles. The standard InChI is InChI=1S/C10H14O3S/c1-2-14(12,13)10(11)8-9-6-4-3-5-7-9/h3-7,10-11H,2,8H2,1H3. The Hall–Kier alpha value is -0.870. The van der Waals surface area contributed by atoms with Gasteiger partial charge in [0, 0.05) is 12.2 Å². The highest BCUT2D eigenvalue weighted by molar-refractivity contribution is 7.91. The summed E-state index contributed by atoms with van der Waals surface area (Å²) < 4.78 is 22.5. The van der Waals surface area contributed by atoms with Crippen molar-refractivity contribution in [1.82, 2.24) is 0 Å². The summed E-state index contributed by atoms with van der Waals surface area (Å²) in [6.07, 6.45) is 0.164. The maximum atomic E-state index is 11.3. The first-order valence-electron chi connectivity index (χ1n) is 4.50. The van der Waals surface area contributed by atoms with Gasteiger partial charge in [0.1, 0.15) is 0 Å². The molecule has 78 valence electrons. The molecule has 0 aliphatic heterocycles. The third-order valence-electron chi connectivity index (χ3n) is 2.07. The highest BCUT2D eigenvalue weighted by Crippen LogP contribution is 2.08. The Morgan fingerprint density at radius 2 is 1.86 bits per heavy atom. The molecule has 0 fully saturated rings. The highest BCUT2D eigenvalue weighted by atomic mass is 32.2. The second kappa shape index (κ2) is 4.57. The van der Waals surface area contributed by atoms with Gasteiger partial charge in [-0.1, -0.05) is 37.3 Å². The molecule has 1 rings (SSSR count). The first kappa shape index (κ1) is 11.2. The summed E-state index contributed by atoms with van der Waals surface area (Å²) in [5, 5.41) is 9.44. The van der Waals surface area contributed by atoms with E-state index in [2.05, 4.69) is 0 Å². The number of rotatable bonds is 4. The minimum absolute atomic E-state index is 0.0268. The molecule has 1 aromatic carbocycles. The number of benzene rings is 1. The summed E-state index contributed by atoms with van der Waals surface area (Å²) in [4.78, 5) is 0. The van der Waals surface area contributed by atoms with E-state index in [0.717, 1.165) is 5.56 Å². The zero-order valence-electron chi connectivity index (χ0n) is 8.05. The predicted octanol–water partition coefficient (Wildman–Crippen LogP) is 0.982. The molecule has 0 saturated carbocycles. The van der Waals surface area contributed by atoms with Gasteiger partial charge in [-0.25, -0.2) is 8.42 Å². The monoisotopic (exact) mass is 214 g/mol. The Kier molecular flexibility index (Phi) is 3.66. The van der Waals surface area contributed by atoms with Gasteiger partial charge < -0.3 is 5.11 Å². The molecule has 0 amide bonds. The van der Waals surface area contributed by atoms with E-state index in [-0.39, 0.29) is 12.2 Å². The molecule has 1 atom stereocenters. The summed E-state index contributed by atoms with van der Waals surface area (Å²) in [7, 11) is -3.34. The van der Waals surface area contributed by atoms with Gasteiger partial charge in [0.05, 0.1) is 0 Å². The van der Waals surface area contributed by atoms with Crippen LogP contribution in [0.4, 0.5) is 0 Å². The fourth-order valence-corrected chi connectivity index (χ4v) is 1.97. The fourth-order valence-electron chi connectivity index (χ4n) is 1.14. The van der Waals surface area contributed by atoms with Crippen LogP contribution in [0, 0.1) is 0 Å². The minimum atomic E-state index is -3.34. The molecule has 0 bridgehead atoms. The lowest BCUT2D eigenvalue weighted by molar-refractivity contribution is 0.249. The maximum Gasteiger partial charge on any atom is 0.176 e. The van der Waals surface area contributed by atoms with Crippen LogP contribution < -0.4 is 0 Å². The molecule has 1 unspecified atom stereocenters. The maximum absolute atomic E-state index is 11.3. The van der Waals surface area contributed by atoms with Crippen LogP contribution >= 0.6 is 0 Å². The van der Waals surface area contributed by atoms with Crippen molar-refractivity contribution in [2.45, 2.75) is 18.8 Å². The lowest BCUT2D eigenvalue weighted by Crippen LogP contribution is -2.24. The molecule has 0 aliphatic rings. The van der Waals surface area contributed by atoms with Crippen molar-refractivity contribution in [2.75, 3.05) is 5.75 Å². The largest absolute Gasteiger partial charge is 0.377 e. The molecular formula is C10H14O3S. The topological polar surface area (TPSA) is 54.4 Å². The minimum Gasteiger partial charge on any atom is -0.377 e. The predicted molar refractivity (Wildman–Crippen MR) is 55.6 cm³/mol. The number of sulfone groups is 1. The summed E-state index contributed by atoms with van der Waals surface area (Å²) in [6.45, 7) is 1.53. The van der Waals surface area contributed by atoms with Gasteiger partial charge in [-0.15, -0.1) is 0 Å². The van der Waals surface area contributed by atoms with E-state index >= 15 is 0 Å². The van der Waals surface area contributed by atoms with Gasteiger partial charge in [-0.3, -0.25) is 0 Å². The fraction of sp³-hybridized carbons (Fsp3) is 0.400. The number of hydrogen-bond donors (Lipinski definition) is 1. The van der Waals surface area contributed by atoms with Gasteiger partial charge in [-0.05, 0) is 5.56 Å². The Balaban J connectivity index is 2.72. The smallest absolute Gasteiger partial charge is 0.176 e. The van der Waals surface area contributed by atoms with Crippen molar-refractivity contribution in [3.05, 3.63) is 35.9 Å². The summed E-state index contributed by atoms with van der Waals surface area (Å²) in [6, 6.07) is 9.09. The third-order valence-corrected chi connectivity index (χ3v) is 3.87. The first-order chi connectivity index (χ1) is 6.56.